The fourth-order valence-electron chi connectivity index (χ4n) is 3.30. The Hall–Kier alpha value is -3.19. The summed E-state index contributed by atoms with van der Waals surface area (Å²) >= 11 is 6.35. The predicted octanol–water partition coefficient (Wildman–Crippen LogP) is 4.02. The van der Waals surface area contributed by atoms with Crippen LogP contribution >= 0.6 is 11.6 Å². The van der Waals surface area contributed by atoms with E-state index in [0.717, 1.165) is 0 Å². The molecule has 29 heavy (non-hydrogen) atoms. The Morgan fingerprint density at radius 1 is 1.10 bits per heavy atom. The number of ketones is 2. The van der Waals surface area contributed by atoms with E-state index in [0.29, 0.717) is 28.2 Å². The zero-order chi connectivity index (χ0) is 21.3. The van der Waals surface area contributed by atoms with Gasteiger partial charge < -0.3 is 9.72 Å². The molecule has 2 heterocycles. The van der Waals surface area contributed by atoms with Gasteiger partial charge in [-0.2, -0.15) is 5.10 Å². The lowest BCUT2D eigenvalue weighted by molar-refractivity contribution is 0.0472. The molecule has 0 saturated heterocycles. The Balaban J connectivity index is 1.78. The van der Waals surface area contributed by atoms with Crippen molar-refractivity contribution in [2.45, 2.75) is 27.7 Å². The van der Waals surface area contributed by atoms with Crippen LogP contribution in [-0.4, -0.2) is 38.9 Å². The molecule has 0 atom stereocenters. The van der Waals surface area contributed by atoms with Crippen LogP contribution in [0.3, 0.4) is 0 Å². The Morgan fingerprint density at radius 2 is 1.76 bits per heavy atom. The molecule has 0 fully saturated rings. The van der Waals surface area contributed by atoms with Gasteiger partial charge in [-0.15, -0.1) is 0 Å². The van der Waals surface area contributed by atoms with Crippen molar-refractivity contribution in [2.75, 3.05) is 6.61 Å². The van der Waals surface area contributed by atoms with Crippen LogP contribution in [0, 0.1) is 20.8 Å². The Bertz CT molecular complexity index is 1110. The lowest BCUT2D eigenvalue weighted by Crippen LogP contribution is -2.16. The van der Waals surface area contributed by atoms with Gasteiger partial charge in [0.25, 0.3) is 0 Å². The Labute approximate surface area is 172 Å². The largest absolute Gasteiger partial charge is 0.453 e. The van der Waals surface area contributed by atoms with Gasteiger partial charge >= 0.3 is 5.97 Å². The van der Waals surface area contributed by atoms with E-state index in [4.69, 9.17) is 16.3 Å². The van der Waals surface area contributed by atoms with Crippen molar-refractivity contribution < 1.29 is 19.1 Å². The second-order valence-electron chi connectivity index (χ2n) is 6.68. The summed E-state index contributed by atoms with van der Waals surface area (Å²) in [5.41, 5.74) is 3.07. The highest BCUT2D eigenvalue weighted by molar-refractivity contribution is 6.33. The number of carbonyl (C=O) groups excluding carboxylic acids is 3. The summed E-state index contributed by atoms with van der Waals surface area (Å²) < 4.78 is 6.63. The third-order valence-corrected chi connectivity index (χ3v) is 4.96. The summed E-state index contributed by atoms with van der Waals surface area (Å²) in [6.07, 6.45) is 0. The molecule has 3 rings (SSSR count). The minimum atomic E-state index is -0.740. The molecule has 0 bridgehead atoms. The number of aromatic nitrogens is 3. The smallest absolute Gasteiger partial charge is 0.343 e. The molecule has 1 N–H and O–H groups in total. The molecule has 2 aromatic heterocycles. The third-order valence-electron chi connectivity index (χ3n) is 4.61. The van der Waals surface area contributed by atoms with Gasteiger partial charge in [0.15, 0.2) is 12.4 Å². The van der Waals surface area contributed by atoms with E-state index >= 15 is 0 Å². The lowest BCUT2D eigenvalue weighted by Gasteiger charge is -2.05. The SMILES string of the molecule is CC(=O)c1c(C)[nH]c(C(=O)COC(=O)c2c(C)nn(-c3ccccc3)c2Cl)c1C. The quantitative estimate of drug-likeness (QED) is 0.486. The van der Waals surface area contributed by atoms with Gasteiger partial charge in [0.05, 0.1) is 17.1 Å². The standard InChI is InChI=1S/C21H20ClN3O4/c1-11-17(14(4)26)12(2)23-19(11)16(27)10-29-21(28)18-13(3)24-25(20(18)22)15-8-6-5-7-9-15/h5-9,23H,10H2,1-4H3. The van der Waals surface area contributed by atoms with Gasteiger partial charge in [-0.3, -0.25) is 9.59 Å². The first-order chi connectivity index (χ1) is 13.7. The molecule has 0 unspecified atom stereocenters. The maximum Gasteiger partial charge on any atom is 0.343 e. The van der Waals surface area contributed by atoms with Crippen LogP contribution in [0.5, 0.6) is 0 Å². The van der Waals surface area contributed by atoms with E-state index < -0.39 is 18.4 Å². The van der Waals surface area contributed by atoms with Crippen LogP contribution in [0.15, 0.2) is 30.3 Å². The number of H-pyrrole nitrogens is 1. The van der Waals surface area contributed by atoms with Crippen molar-refractivity contribution in [3.8, 4) is 5.69 Å². The second kappa shape index (κ2) is 8.05. The number of benzene rings is 1. The number of halogens is 1. The average molecular weight is 414 g/mol. The summed E-state index contributed by atoms with van der Waals surface area (Å²) in [4.78, 5) is 39.7. The number of nitrogens with zero attached hydrogens (tertiary/aromatic N) is 2. The number of Topliss-reactive ketones (excluding diaryl/α,β-unsaturated/α-hetero) is 2. The first-order valence-corrected chi connectivity index (χ1v) is 9.31. The molecule has 0 amide bonds. The zero-order valence-electron chi connectivity index (χ0n) is 16.5. The van der Waals surface area contributed by atoms with Gasteiger partial charge in [0.2, 0.25) is 5.78 Å². The summed E-state index contributed by atoms with van der Waals surface area (Å²) in [6, 6.07) is 9.13. The number of aryl methyl sites for hydroxylation is 2. The summed E-state index contributed by atoms with van der Waals surface area (Å²) in [7, 11) is 0. The number of carbonyl (C=O) groups is 3. The van der Waals surface area contributed by atoms with Gasteiger partial charge in [-0.1, -0.05) is 29.8 Å². The summed E-state index contributed by atoms with van der Waals surface area (Å²) in [5.74, 6) is -1.31. The molecule has 0 spiro atoms. The molecule has 150 valence electrons. The number of nitrogens with one attached hydrogen (secondary N) is 1. The normalized spacial score (nSPS) is 10.8. The van der Waals surface area contributed by atoms with Crippen LogP contribution in [-0.2, 0) is 4.74 Å². The topological polar surface area (TPSA) is 94.0 Å². The van der Waals surface area contributed by atoms with Gasteiger partial charge in [0.1, 0.15) is 10.7 Å². The van der Waals surface area contributed by atoms with Crippen LogP contribution < -0.4 is 0 Å². The predicted molar refractivity (Wildman–Crippen MR) is 108 cm³/mol. The Morgan fingerprint density at radius 3 is 2.34 bits per heavy atom. The third kappa shape index (κ3) is 3.86. The minimum absolute atomic E-state index is 0.104. The van der Waals surface area contributed by atoms with Gasteiger partial charge in [-0.25, -0.2) is 9.48 Å². The highest BCUT2D eigenvalue weighted by Crippen LogP contribution is 2.24. The van der Waals surface area contributed by atoms with Crippen molar-refractivity contribution >= 4 is 29.1 Å². The van der Waals surface area contributed by atoms with Crippen LogP contribution in [0.25, 0.3) is 5.69 Å². The zero-order valence-corrected chi connectivity index (χ0v) is 17.3. The number of hydrogen-bond donors (Lipinski definition) is 1. The van der Waals surface area contributed by atoms with Crippen molar-refractivity contribution in [3.05, 3.63) is 69.3 Å². The Kier molecular flexibility index (Phi) is 5.70. The number of para-hydroxylation sites is 1. The average Bonchev–Trinajstić information content (AvgIpc) is 3.15. The van der Waals surface area contributed by atoms with Gasteiger partial charge in [-0.05, 0) is 45.4 Å². The molecule has 0 saturated carbocycles. The molecule has 3 aromatic rings. The maximum atomic E-state index is 12.6. The lowest BCUT2D eigenvalue weighted by atomic mass is 10.1. The maximum absolute atomic E-state index is 12.6. The van der Waals surface area contributed by atoms with E-state index in [9.17, 15) is 14.4 Å². The molecule has 0 aliphatic carbocycles. The minimum Gasteiger partial charge on any atom is -0.453 e. The van der Waals surface area contributed by atoms with Crippen molar-refractivity contribution in [1.82, 2.24) is 14.8 Å². The highest BCUT2D eigenvalue weighted by Gasteiger charge is 2.25. The first kappa shape index (κ1) is 20.5. The van der Waals surface area contributed by atoms with E-state index in [-0.39, 0.29) is 22.2 Å². The number of esters is 1. The van der Waals surface area contributed by atoms with Crippen molar-refractivity contribution in [2.24, 2.45) is 0 Å². The molecule has 0 aliphatic rings. The van der Waals surface area contributed by atoms with Crippen molar-refractivity contribution in [3.63, 3.8) is 0 Å². The molecule has 0 aliphatic heterocycles. The molecular formula is C21H20ClN3O4. The number of aromatic amines is 1. The number of ether oxygens (including phenoxy) is 1. The summed E-state index contributed by atoms with van der Waals surface area (Å²) in [6.45, 7) is 5.99. The van der Waals surface area contributed by atoms with Crippen molar-refractivity contribution in [1.29, 1.82) is 0 Å². The van der Waals surface area contributed by atoms with E-state index in [1.54, 1.807) is 32.9 Å². The molecule has 8 heteroatoms. The second-order valence-corrected chi connectivity index (χ2v) is 7.04. The molecular weight excluding hydrogens is 394 g/mol. The molecule has 1 aromatic carbocycles. The highest BCUT2D eigenvalue weighted by atomic mass is 35.5. The van der Waals surface area contributed by atoms with Crippen LogP contribution in [0.4, 0.5) is 0 Å². The fourth-order valence-corrected chi connectivity index (χ4v) is 3.65. The number of rotatable bonds is 6. The number of hydrogen-bond acceptors (Lipinski definition) is 5. The van der Waals surface area contributed by atoms with Gasteiger partial charge in [0, 0.05) is 11.3 Å². The summed E-state index contributed by atoms with van der Waals surface area (Å²) in [5, 5.41) is 4.40. The van der Waals surface area contributed by atoms with E-state index in [1.165, 1.54) is 11.6 Å². The molecule has 0 radical (unpaired) electrons. The van der Waals surface area contributed by atoms with Crippen LogP contribution in [0.1, 0.15) is 55.1 Å². The van der Waals surface area contributed by atoms with E-state index in [1.807, 2.05) is 18.2 Å². The first-order valence-electron chi connectivity index (χ1n) is 8.93. The monoisotopic (exact) mass is 413 g/mol. The van der Waals surface area contributed by atoms with Crippen LogP contribution in [0.2, 0.25) is 5.15 Å². The van der Waals surface area contributed by atoms with E-state index in [2.05, 4.69) is 10.1 Å². The molecule has 7 nitrogen and oxygen atoms in total. The fraction of sp³-hybridized carbons (Fsp3) is 0.238.